The van der Waals surface area contributed by atoms with Crippen molar-refractivity contribution in [2.75, 3.05) is 13.1 Å². The topological polar surface area (TPSA) is 12.5 Å². The Bertz CT molecular complexity index is 196. The van der Waals surface area contributed by atoms with Gasteiger partial charge in [0.1, 0.15) is 0 Å². The van der Waals surface area contributed by atoms with Crippen LogP contribution in [0.1, 0.15) is 51.9 Å². The molecule has 2 rings (SSSR count). The molecule has 0 aromatic heterocycles. The minimum Gasteiger partial charge on any atom is -0.375 e. The van der Waals surface area contributed by atoms with E-state index in [4.69, 9.17) is 4.74 Å². The van der Waals surface area contributed by atoms with Gasteiger partial charge in [0.05, 0.1) is 12.2 Å². The van der Waals surface area contributed by atoms with E-state index < -0.39 is 0 Å². The van der Waals surface area contributed by atoms with Crippen LogP contribution in [-0.4, -0.2) is 29.6 Å². The first-order valence-electron chi connectivity index (χ1n) is 6.87. The molecule has 2 nitrogen and oxygen atoms in total. The highest BCUT2D eigenvalue weighted by molar-refractivity contribution is 7.77. The molecule has 0 radical (unpaired) electrons. The third kappa shape index (κ3) is 3.64. The fraction of sp³-hybridized carbons (Fsp3) is 1.00. The molecule has 0 aromatic carbocycles. The molecule has 94 valence electrons. The van der Waals surface area contributed by atoms with Gasteiger partial charge in [0.25, 0.3) is 0 Å². The van der Waals surface area contributed by atoms with Crippen LogP contribution in [0, 0.1) is 5.92 Å². The summed E-state index contributed by atoms with van der Waals surface area (Å²) in [5.74, 6) is 0.971. The zero-order valence-electron chi connectivity index (χ0n) is 10.4. The Morgan fingerprint density at radius 3 is 2.12 bits per heavy atom. The summed E-state index contributed by atoms with van der Waals surface area (Å²) in [5.41, 5.74) is 0. The predicted molar refractivity (Wildman–Crippen MR) is 70.7 cm³/mol. The van der Waals surface area contributed by atoms with Gasteiger partial charge in [-0.15, -0.1) is 0 Å². The van der Waals surface area contributed by atoms with Gasteiger partial charge >= 0.3 is 0 Å². The molecule has 1 aliphatic carbocycles. The number of nitrogens with zero attached hydrogens (tertiary/aromatic N) is 1. The third-order valence-electron chi connectivity index (χ3n) is 4.17. The molecular weight excluding hydrogens is 218 g/mol. The lowest BCUT2D eigenvalue weighted by atomic mass is 9.85. The Hall–Kier alpha value is 0.270. The second-order valence-electron chi connectivity index (χ2n) is 5.34. The number of piperidine rings is 1. The molecule has 0 amide bonds. The second-order valence-corrected chi connectivity index (χ2v) is 5.91. The lowest BCUT2D eigenvalue weighted by Gasteiger charge is -2.34. The molecule has 0 unspecified atom stereocenters. The maximum atomic E-state index is 6.21. The van der Waals surface area contributed by atoms with Crippen LogP contribution in [0.4, 0.5) is 0 Å². The second kappa shape index (κ2) is 6.27. The van der Waals surface area contributed by atoms with Gasteiger partial charge in [0.15, 0.2) is 0 Å². The van der Waals surface area contributed by atoms with Crippen LogP contribution < -0.4 is 0 Å². The van der Waals surface area contributed by atoms with E-state index in [1.54, 1.807) is 0 Å². The van der Waals surface area contributed by atoms with Crippen LogP contribution in [0.5, 0.6) is 0 Å². The molecule has 1 heterocycles. The molecular formula is C13H25NOS. The van der Waals surface area contributed by atoms with Gasteiger partial charge in [-0.3, -0.25) is 4.31 Å². The molecule has 0 atom stereocenters. The molecule has 2 aliphatic rings. The van der Waals surface area contributed by atoms with Crippen molar-refractivity contribution in [1.82, 2.24) is 4.31 Å². The highest BCUT2D eigenvalue weighted by Gasteiger charge is 2.25. The average molecular weight is 243 g/mol. The van der Waals surface area contributed by atoms with Gasteiger partial charge in [-0.25, -0.2) is 0 Å². The fourth-order valence-electron chi connectivity index (χ4n) is 2.93. The lowest BCUT2D eigenvalue weighted by Crippen LogP contribution is -2.35. The van der Waals surface area contributed by atoms with E-state index in [1.807, 2.05) is 0 Å². The molecule has 0 aromatic rings. The largest absolute Gasteiger partial charge is 0.375 e. The summed E-state index contributed by atoms with van der Waals surface area (Å²) in [6, 6.07) is 0. The average Bonchev–Trinajstić information content (AvgIpc) is 2.33. The van der Waals surface area contributed by atoms with Crippen molar-refractivity contribution in [2.45, 2.75) is 64.1 Å². The van der Waals surface area contributed by atoms with E-state index in [-0.39, 0.29) is 0 Å². The van der Waals surface area contributed by atoms with Crippen LogP contribution in [0.3, 0.4) is 0 Å². The number of thiol groups is 1. The van der Waals surface area contributed by atoms with E-state index >= 15 is 0 Å². The molecule has 1 saturated carbocycles. The molecule has 16 heavy (non-hydrogen) atoms. The Balaban J connectivity index is 1.66. The zero-order chi connectivity index (χ0) is 11.4. The molecule has 1 aliphatic heterocycles. The maximum absolute atomic E-state index is 6.21. The minimum absolute atomic E-state index is 0.506. The Morgan fingerprint density at radius 1 is 1.00 bits per heavy atom. The number of rotatable bonds is 3. The zero-order valence-corrected chi connectivity index (χ0v) is 11.3. The van der Waals surface area contributed by atoms with Gasteiger partial charge in [0, 0.05) is 13.1 Å². The first kappa shape index (κ1) is 12.7. The van der Waals surface area contributed by atoms with Crippen molar-refractivity contribution in [3.05, 3.63) is 0 Å². The summed E-state index contributed by atoms with van der Waals surface area (Å²) >= 11 is 4.37. The summed E-state index contributed by atoms with van der Waals surface area (Å²) in [6.07, 6.45) is 10.1. The van der Waals surface area contributed by atoms with Crippen LogP contribution in [0.15, 0.2) is 0 Å². The summed E-state index contributed by atoms with van der Waals surface area (Å²) in [6.45, 7) is 4.48. The normalized spacial score (nSPS) is 34.1. The van der Waals surface area contributed by atoms with Crippen molar-refractivity contribution in [3.63, 3.8) is 0 Å². The minimum atomic E-state index is 0.506. The van der Waals surface area contributed by atoms with Crippen LogP contribution in [0.2, 0.25) is 0 Å². The highest BCUT2D eigenvalue weighted by Crippen LogP contribution is 2.30. The monoisotopic (exact) mass is 243 g/mol. The highest BCUT2D eigenvalue weighted by atomic mass is 32.1. The molecule has 0 bridgehead atoms. The summed E-state index contributed by atoms with van der Waals surface area (Å²) < 4.78 is 8.32. The van der Waals surface area contributed by atoms with Crippen LogP contribution in [-0.2, 0) is 4.74 Å². The van der Waals surface area contributed by atoms with E-state index in [2.05, 4.69) is 24.0 Å². The molecule has 3 heteroatoms. The van der Waals surface area contributed by atoms with Crippen molar-refractivity contribution < 1.29 is 4.74 Å². The van der Waals surface area contributed by atoms with E-state index in [0.717, 1.165) is 31.8 Å². The van der Waals surface area contributed by atoms with Gasteiger partial charge < -0.3 is 4.74 Å². The van der Waals surface area contributed by atoms with Crippen LogP contribution >= 0.6 is 12.8 Å². The lowest BCUT2D eigenvalue weighted by molar-refractivity contribution is -0.0535. The molecule has 1 saturated heterocycles. The number of hydrogen-bond acceptors (Lipinski definition) is 3. The molecule has 2 fully saturated rings. The first-order chi connectivity index (χ1) is 7.78. The van der Waals surface area contributed by atoms with Crippen LogP contribution in [0.25, 0.3) is 0 Å². The van der Waals surface area contributed by atoms with Crippen molar-refractivity contribution in [1.29, 1.82) is 0 Å². The SMILES string of the molecule is CCC1CCC(OC2CCN(S)CC2)CC1. The quantitative estimate of drug-likeness (QED) is 0.764. The predicted octanol–water partition coefficient (Wildman–Crippen LogP) is 3.28. The van der Waals surface area contributed by atoms with Crippen molar-refractivity contribution in [2.24, 2.45) is 5.92 Å². The van der Waals surface area contributed by atoms with Gasteiger partial charge in [-0.2, -0.15) is 0 Å². The number of ether oxygens (including phenoxy) is 1. The van der Waals surface area contributed by atoms with Gasteiger partial charge in [-0.05, 0) is 44.4 Å². The smallest absolute Gasteiger partial charge is 0.0604 e. The fourth-order valence-corrected chi connectivity index (χ4v) is 3.16. The summed E-state index contributed by atoms with van der Waals surface area (Å²) in [7, 11) is 0. The Kier molecular flexibility index (Phi) is 4.98. The van der Waals surface area contributed by atoms with E-state index in [9.17, 15) is 0 Å². The standard InChI is InChI=1S/C13H25NOS/c1-2-11-3-5-12(6-4-11)15-13-7-9-14(16)10-8-13/h11-13,16H,2-10H2,1H3. The Labute approximate surface area is 105 Å². The number of hydrogen-bond donors (Lipinski definition) is 1. The first-order valence-corrected chi connectivity index (χ1v) is 7.27. The molecule has 0 N–H and O–H groups in total. The van der Waals surface area contributed by atoms with Gasteiger partial charge in [0.2, 0.25) is 0 Å². The Morgan fingerprint density at radius 2 is 1.56 bits per heavy atom. The van der Waals surface area contributed by atoms with Crippen molar-refractivity contribution >= 4 is 12.8 Å². The van der Waals surface area contributed by atoms with Gasteiger partial charge in [-0.1, -0.05) is 26.2 Å². The van der Waals surface area contributed by atoms with E-state index in [1.165, 1.54) is 32.1 Å². The van der Waals surface area contributed by atoms with E-state index in [0.29, 0.717) is 12.2 Å². The van der Waals surface area contributed by atoms with Crippen molar-refractivity contribution in [3.8, 4) is 0 Å². The summed E-state index contributed by atoms with van der Waals surface area (Å²) in [4.78, 5) is 0. The summed E-state index contributed by atoms with van der Waals surface area (Å²) in [5, 5.41) is 0. The maximum Gasteiger partial charge on any atom is 0.0604 e. The third-order valence-corrected chi connectivity index (χ3v) is 4.57. The molecule has 0 spiro atoms.